The van der Waals surface area contributed by atoms with Gasteiger partial charge in [-0.15, -0.1) is 0 Å². The number of aryl methyl sites for hydroxylation is 2. The molecule has 1 aliphatic heterocycles. The van der Waals surface area contributed by atoms with E-state index in [0.717, 1.165) is 55.9 Å². The molecule has 10 aromatic rings. The summed E-state index contributed by atoms with van der Waals surface area (Å²) in [5, 5.41) is 37.6. The number of phenols is 1. The summed E-state index contributed by atoms with van der Waals surface area (Å²) < 4.78 is 32.6. The van der Waals surface area contributed by atoms with Crippen molar-refractivity contribution in [1.82, 2.24) is 10.9 Å². The SMILES string of the molecule is CCOC(=O)Cc1ccc(Cl)c(Oc2cccc(Br)c2)c1.C[C@@H]1N=C(Cc2ccc(Cl)c(Oc3cccc(Br)c3)c2)NNC1=O.Cc1ccc(Cl)c(O)c1.Cc1ccc(Cl)c(Oc2cccc(Br)c2)c1.N#CCc1ccc(Cl)c(Oc2cccc(Br)c2)c1.OB(O)c1cccc(Br)c1.[I-]. The number of carbonyl (C=O) groups is 2. The minimum Gasteiger partial charge on any atom is -1.00 e. The number of hydrazine groups is 1. The third-order valence-corrected chi connectivity index (χ3v) is 16.8. The lowest BCUT2D eigenvalue weighted by atomic mass is 9.81. The van der Waals surface area contributed by atoms with Gasteiger partial charge in [-0.05, 0) is 207 Å². The smallest absolute Gasteiger partial charge is 0.488 e. The van der Waals surface area contributed by atoms with Crippen LogP contribution >= 0.6 is 138 Å². The molecule has 10 aromatic carbocycles. The van der Waals surface area contributed by atoms with Gasteiger partial charge in [0.1, 0.15) is 63.6 Å². The number of esters is 1. The number of carbonyl (C=O) groups excluding carboxylic acids is 2. The molecular weight excluding hydrogens is 1810 g/mol. The predicted octanol–water partition coefficient (Wildman–Crippen LogP) is 18.5. The number of rotatable bonds is 15. The van der Waals surface area contributed by atoms with Gasteiger partial charge in [0.05, 0.1) is 50.6 Å². The normalized spacial score (nSPS) is 11.5. The van der Waals surface area contributed by atoms with Gasteiger partial charge in [-0.1, -0.05) is 204 Å². The number of nitrogens with one attached hydrogen (secondary N) is 2. The van der Waals surface area contributed by atoms with Crippen molar-refractivity contribution in [2.75, 3.05) is 6.61 Å². The highest BCUT2D eigenvalue weighted by atomic mass is 127. The van der Waals surface area contributed by atoms with Gasteiger partial charge in [-0.25, -0.2) is 0 Å². The number of aliphatic imine (C=N–C) groups is 1. The first-order chi connectivity index (χ1) is 46.8. The molecule has 0 unspecified atom stereocenters. The van der Waals surface area contributed by atoms with Gasteiger partial charge < -0.3 is 62.8 Å². The Bertz CT molecular complexity index is 4410. The summed E-state index contributed by atoms with van der Waals surface area (Å²) in [6, 6.07) is 65.7. The van der Waals surface area contributed by atoms with Crippen LogP contribution in [0.15, 0.2) is 240 Å². The quantitative estimate of drug-likeness (QED) is 0.0370. The maximum atomic E-state index is 11.5. The number of amides is 1. The van der Waals surface area contributed by atoms with Crippen LogP contribution in [0.2, 0.25) is 25.1 Å². The van der Waals surface area contributed by atoms with E-state index < -0.39 is 13.2 Å². The lowest BCUT2D eigenvalue weighted by Gasteiger charge is -2.20. The Balaban J connectivity index is 0.000000220. The fourth-order valence-electron chi connectivity index (χ4n) is 8.13. The van der Waals surface area contributed by atoms with Crippen LogP contribution in [-0.4, -0.2) is 52.6 Å². The monoisotopic (exact) mass is 1860 g/mol. The first-order valence-electron chi connectivity index (χ1n) is 29.4. The Morgan fingerprint density at radius 3 is 1.30 bits per heavy atom. The molecule has 1 amide bonds. The molecule has 5 N–H and O–H groups in total. The van der Waals surface area contributed by atoms with Crippen LogP contribution in [0.1, 0.15) is 41.7 Å². The van der Waals surface area contributed by atoms with Crippen molar-refractivity contribution in [3.05, 3.63) is 288 Å². The van der Waals surface area contributed by atoms with Crippen LogP contribution in [0, 0.1) is 25.2 Å². The second-order valence-corrected chi connectivity index (χ2v) is 27.3. The zero-order valence-corrected chi connectivity index (χ0v) is 66.8. The van der Waals surface area contributed by atoms with Crippen LogP contribution in [0.25, 0.3) is 0 Å². The number of benzene rings is 10. The van der Waals surface area contributed by atoms with E-state index in [1.54, 1.807) is 80.6 Å². The summed E-state index contributed by atoms with van der Waals surface area (Å²) in [6.07, 6.45) is 1.07. The minimum atomic E-state index is -1.38. The van der Waals surface area contributed by atoms with E-state index in [1.807, 2.05) is 159 Å². The van der Waals surface area contributed by atoms with Gasteiger partial charge in [0, 0.05) is 28.8 Å². The molecule has 0 saturated carbocycles. The summed E-state index contributed by atoms with van der Waals surface area (Å²) in [6.45, 7) is 7.80. The largest absolute Gasteiger partial charge is 1.00 e. The Morgan fingerprint density at radius 2 is 0.909 bits per heavy atom. The summed E-state index contributed by atoms with van der Waals surface area (Å²) in [5.41, 5.74) is 10.7. The van der Waals surface area contributed by atoms with Gasteiger partial charge in [-0.2, -0.15) is 5.26 Å². The van der Waals surface area contributed by atoms with E-state index in [1.165, 1.54) is 0 Å². The molecule has 0 aliphatic carbocycles. The van der Waals surface area contributed by atoms with Crippen LogP contribution in [0.4, 0.5) is 0 Å². The molecule has 1 aliphatic rings. The fraction of sp³-hybridized carbons (Fsp3) is 0.123. The van der Waals surface area contributed by atoms with Crippen molar-refractivity contribution < 1.29 is 72.4 Å². The minimum absolute atomic E-state index is 0. The van der Waals surface area contributed by atoms with Gasteiger partial charge in [0.25, 0.3) is 5.91 Å². The highest BCUT2D eigenvalue weighted by Crippen LogP contribution is 2.36. The number of amidine groups is 1. The average molecular weight is 1870 g/mol. The van der Waals surface area contributed by atoms with E-state index in [-0.39, 0.29) is 48.0 Å². The molecule has 0 saturated heterocycles. The number of nitrogens with zero attached hydrogens (tertiary/aromatic N) is 2. The summed E-state index contributed by atoms with van der Waals surface area (Å²) in [7, 11) is -1.38. The molecule has 26 heteroatoms. The van der Waals surface area contributed by atoms with Crippen molar-refractivity contribution in [3.63, 3.8) is 0 Å². The first kappa shape index (κ1) is 83.3. The maximum absolute atomic E-state index is 11.5. The molecule has 14 nitrogen and oxygen atoms in total. The van der Waals surface area contributed by atoms with Gasteiger partial charge >= 0.3 is 13.1 Å². The zero-order chi connectivity index (χ0) is 71.3. The second kappa shape index (κ2) is 43.5. The molecule has 0 aromatic heterocycles. The molecule has 514 valence electrons. The Labute approximate surface area is 659 Å². The number of halogens is 11. The molecule has 0 spiro atoms. The van der Waals surface area contributed by atoms with E-state index >= 15 is 0 Å². The van der Waals surface area contributed by atoms with Crippen molar-refractivity contribution >= 4 is 168 Å². The second-order valence-electron chi connectivity index (χ2n) is 20.7. The molecule has 99 heavy (non-hydrogen) atoms. The molecular formula is C73H61BBr5Cl5IN4O10-. The fourth-order valence-corrected chi connectivity index (χ4v) is 10.8. The van der Waals surface area contributed by atoms with Crippen LogP contribution < -0.4 is 59.2 Å². The summed E-state index contributed by atoms with van der Waals surface area (Å²) >= 11 is 46.8. The lowest BCUT2D eigenvalue weighted by molar-refractivity contribution is -0.142. The van der Waals surface area contributed by atoms with Crippen LogP contribution in [0.3, 0.4) is 0 Å². The highest BCUT2D eigenvalue weighted by molar-refractivity contribution is 9.11. The number of hydrogen-bond acceptors (Lipinski definition) is 13. The van der Waals surface area contributed by atoms with Crippen molar-refractivity contribution in [2.45, 2.75) is 53.0 Å². The molecule has 0 bridgehead atoms. The highest BCUT2D eigenvalue weighted by Gasteiger charge is 2.19. The first-order valence-corrected chi connectivity index (χ1v) is 35.3. The number of nitriles is 1. The Morgan fingerprint density at radius 1 is 0.525 bits per heavy atom. The third-order valence-electron chi connectivity index (χ3n) is 12.8. The maximum Gasteiger partial charge on any atom is 0.488 e. The van der Waals surface area contributed by atoms with E-state index in [9.17, 15) is 9.59 Å². The molecule has 11 rings (SSSR count). The molecule has 1 atom stereocenters. The van der Waals surface area contributed by atoms with Crippen molar-refractivity contribution in [2.24, 2.45) is 4.99 Å². The topological polar surface area (TPSA) is 201 Å². The molecule has 0 radical (unpaired) electrons. The van der Waals surface area contributed by atoms with Gasteiger partial charge in [0.2, 0.25) is 0 Å². The lowest BCUT2D eigenvalue weighted by Crippen LogP contribution is -3.00. The zero-order valence-electron chi connectivity index (χ0n) is 52.9. The number of ether oxygens (including phenoxy) is 5. The predicted molar refractivity (Wildman–Crippen MR) is 411 cm³/mol. The molecule has 1 heterocycles. The summed E-state index contributed by atoms with van der Waals surface area (Å²) in [5.74, 6) is 5.56. The van der Waals surface area contributed by atoms with Crippen LogP contribution in [-0.2, 0) is 33.6 Å². The van der Waals surface area contributed by atoms with Crippen molar-refractivity contribution in [3.8, 4) is 57.8 Å². The number of hydrogen-bond donors (Lipinski definition) is 5. The van der Waals surface area contributed by atoms with E-state index in [2.05, 4.69) is 102 Å². The molecule has 0 fully saturated rings. The summed E-state index contributed by atoms with van der Waals surface area (Å²) in [4.78, 5) is 27.2. The Kier molecular flexibility index (Phi) is 36.6. The van der Waals surface area contributed by atoms with E-state index in [4.69, 9.17) is 102 Å². The van der Waals surface area contributed by atoms with Crippen LogP contribution in [0.5, 0.6) is 51.7 Å². The van der Waals surface area contributed by atoms with Gasteiger partial charge in [-0.3, -0.25) is 25.4 Å². The number of aromatic hydroxyl groups is 1. The average Bonchev–Trinajstić information content (AvgIpc) is 0.877. The number of phenolic OH excluding ortho intramolecular Hbond substituents is 1. The van der Waals surface area contributed by atoms with E-state index in [0.29, 0.717) is 96.1 Å². The third kappa shape index (κ3) is 30.4. The van der Waals surface area contributed by atoms with Gasteiger partial charge in [0.15, 0.2) is 0 Å². The standard InChI is InChI=1S/C17H15BrClN3O2.C16H14BrClO3.C14H9BrClNO.C13H10BrClO.C7H7ClO.C6H6BBrO2.HI/c1-10-17(23)22-21-16(20-10)8-11-5-6-14(19)15(7-11)24-13-4-2-3-12(18)9-13;1-2-20-16(19)9-11-6-7-14(18)15(8-11)21-13-5-3-4-12(17)10-13;15-11-2-1-3-12(9-11)18-14-8-10(6-7-17)4-5-13(14)16;1-9-5-6-12(15)13(7-9)16-11-4-2-3-10(14)8-11;1-5-2-3-6(8)7(9)4-5;8-6-3-1-2-5(4-6)7(9)10;/h2-7,9-10H,8H2,1H3,(H,20,21)(H,22,23);3-8,10H,2,9H2,1H3;1-5,8-9H,6H2;2-8H,1H3;2-4,9H,1H3;1-4,9-10H;1H/p-1/t10-;;;;;;/m0....../s1. The van der Waals surface area contributed by atoms with Crippen molar-refractivity contribution in [1.29, 1.82) is 5.26 Å². The Hall–Kier alpha value is -6.34.